The maximum atomic E-state index is 12.4. The van der Waals surface area contributed by atoms with Gasteiger partial charge < -0.3 is 0 Å². The maximum Gasteiger partial charge on any atom is 0.248 e. The zero-order valence-corrected chi connectivity index (χ0v) is 16.9. The van der Waals surface area contributed by atoms with Gasteiger partial charge in [-0.15, -0.1) is 5.10 Å². The van der Waals surface area contributed by atoms with E-state index in [1.165, 1.54) is 73.6 Å². The smallest absolute Gasteiger partial charge is 0.248 e. The van der Waals surface area contributed by atoms with Crippen LogP contribution in [0, 0.1) is 13.8 Å². The highest BCUT2D eigenvalue weighted by Gasteiger charge is 2.12. The van der Waals surface area contributed by atoms with Gasteiger partial charge in [-0.3, -0.25) is 4.79 Å². The van der Waals surface area contributed by atoms with Crippen molar-refractivity contribution in [1.29, 1.82) is 0 Å². The Hall–Kier alpha value is -1.71. The highest BCUT2D eigenvalue weighted by molar-refractivity contribution is 5.89. The van der Waals surface area contributed by atoms with E-state index < -0.39 is 0 Å². The second-order valence-electron chi connectivity index (χ2n) is 7.61. The van der Waals surface area contributed by atoms with E-state index in [-0.39, 0.29) is 5.91 Å². The van der Waals surface area contributed by atoms with Crippen LogP contribution in [0.1, 0.15) is 99.9 Å². The number of hydrogen-bond donors (Lipinski definition) is 0. The van der Waals surface area contributed by atoms with Gasteiger partial charge in [-0.1, -0.05) is 76.3 Å². The van der Waals surface area contributed by atoms with Crippen molar-refractivity contribution in [1.82, 2.24) is 15.0 Å². The second kappa shape index (κ2) is 11.1. The summed E-state index contributed by atoms with van der Waals surface area (Å²) in [5, 5.41) is 8.20. The molecule has 0 amide bonds. The first kappa shape index (κ1) is 20.6. The molecule has 0 aliphatic heterocycles. The lowest BCUT2D eigenvalue weighted by Crippen LogP contribution is -2.12. The van der Waals surface area contributed by atoms with Crippen LogP contribution in [0.3, 0.4) is 0 Å². The van der Waals surface area contributed by atoms with Gasteiger partial charge in [-0.05, 0) is 43.5 Å². The van der Waals surface area contributed by atoms with Gasteiger partial charge >= 0.3 is 0 Å². The predicted molar refractivity (Wildman–Crippen MR) is 109 cm³/mol. The number of aryl methyl sites for hydroxylation is 2. The van der Waals surface area contributed by atoms with Gasteiger partial charge in [0.05, 0.1) is 5.52 Å². The molecule has 0 N–H and O–H groups in total. The van der Waals surface area contributed by atoms with Crippen molar-refractivity contribution in [2.75, 3.05) is 0 Å². The molecule has 0 aliphatic carbocycles. The van der Waals surface area contributed by atoms with Gasteiger partial charge in [-0.25, -0.2) is 0 Å². The standard InChI is InChI=1S/C22H35N3O/c1-4-5-6-7-8-9-10-11-12-13-14-15-22(26)25-21-17-19(3)18(2)16-20(21)23-24-25/h16-17H,4-15H2,1-3H3. The number of rotatable bonds is 12. The highest BCUT2D eigenvalue weighted by Crippen LogP contribution is 2.18. The summed E-state index contributed by atoms with van der Waals surface area (Å²) in [4.78, 5) is 12.4. The molecule has 0 radical (unpaired) electrons. The van der Waals surface area contributed by atoms with Crippen LogP contribution in [-0.4, -0.2) is 20.9 Å². The minimum absolute atomic E-state index is 0.0617. The molecule has 1 aromatic heterocycles. The molecule has 0 atom stereocenters. The van der Waals surface area contributed by atoms with Crippen molar-refractivity contribution in [2.45, 2.75) is 97.8 Å². The first-order chi connectivity index (χ1) is 12.6. The lowest BCUT2D eigenvalue weighted by molar-refractivity contribution is 0.0886. The second-order valence-corrected chi connectivity index (χ2v) is 7.61. The van der Waals surface area contributed by atoms with E-state index in [4.69, 9.17) is 0 Å². The van der Waals surface area contributed by atoms with Crippen LogP contribution in [0.4, 0.5) is 0 Å². The summed E-state index contributed by atoms with van der Waals surface area (Å²) < 4.78 is 1.48. The van der Waals surface area contributed by atoms with Crippen LogP contribution in [0.5, 0.6) is 0 Å². The molecule has 0 unspecified atom stereocenters. The summed E-state index contributed by atoms with van der Waals surface area (Å²) in [5.41, 5.74) is 3.99. The fraction of sp³-hybridized carbons (Fsp3) is 0.682. The SMILES string of the molecule is CCCCCCCCCCCCCC(=O)n1nnc2cc(C)c(C)cc21. The van der Waals surface area contributed by atoms with Gasteiger partial charge in [0.2, 0.25) is 5.91 Å². The molecule has 0 fully saturated rings. The van der Waals surface area contributed by atoms with Crippen LogP contribution in [0.2, 0.25) is 0 Å². The predicted octanol–water partition coefficient (Wildman–Crippen LogP) is 6.39. The number of benzene rings is 1. The molecular weight excluding hydrogens is 322 g/mol. The largest absolute Gasteiger partial charge is 0.273 e. The van der Waals surface area contributed by atoms with Crippen LogP contribution < -0.4 is 0 Å². The van der Waals surface area contributed by atoms with Crippen LogP contribution in [0.15, 0.2) is 12.1 Å². The summed E-state index contributed by atoms with van der Waals surface area (Å²) in [5.74, 6) is 0.0617. The van der Waals surface area contributed by atoms with E-state index in [1.54, 1.807) is 0 Å². The Labute approximate surface area is 158 Å². The molecule has 4 heteroatoms. The highest BCUT2D eigenvalue weighted by atomic mass is 16.2. The molecule has 0 saturated heterocycles. The molecule has 2 aromatic rings. The van der Waals surface area contributed by atoms with Crippen molar-refractivity contribution in [3.8, 4) is 0 Å². The number of unbranched alkanes of at least 4 members (excludes halogenated alkanes) is 10. The van der Waals surface area contributed by atoms with E-state index in [1.807, 2.05) is 12.1 Å². The van der Waals surface area contributed by atoms with Gasteiger partial charge in [0.1, 0.15) is 5.52 Å². The molecule has 0 bridgehead atoms. The molecule has 2 rings (SSSR count). The molecule has 144 valence electrons. The van der Waals surface area contributed by atoms with Gasteiger partial charge in [0.15, 0.2) is 0 Å². The number of aromatic nitrogens is 3. The molecule has 1 heterocycles. The lowest BCUT2D eigenvalue weighted by Gasteiger charge is -2.04. The minimum Gasteiger partial charge on any atom is -0.273 e. The minimum atomic E-state index is 0.0617. The zero-order valence-electron chi connectivity index (χ0n) is 16.9. The monoisotopic (exact) mass is 357 g/mol. The topological polar surface area (TPSA) is 47.8 Å². The third-order valence-electron chi connectivity index (χ3n) is 5.29. The number of carbonyl (C=O) groups excluding carboxylic acids is 1. The fourth-order valence-electron chi connectivity index (χ4n) is 3.41. The van der Waals surface area contributed by atoms with E-state index in [2.05, 4.69) is 31.1 Å². The molecule has 0 aliphatic rings. The number of hydrogen-bond acceptors (Lipinski definition) is 3. The molecule has 0 spiro atoms. The van der Waals surface area contributed by atoms with Crippen molar-refractivity contribution in [3.63, 3.8) is 0 Å². The summed E-state index contributed by atoms with van der Waals surface area (Å²) >= 11 is 0. The van der Waals surface area contributed by atoms with E-state index in [0.717, 1.165) is 23.9 Å². The average Bonchev–Trinajstić information content (AvgIpc) is 3.02. The molecule has 0 saturated carbocycles. The third kappa shape index (κ3) is 6.22. The number of fused-ring (bicyclic) bond motifs is 1. The molecule has 26 heavy (non-hydrogen) atoms. The zero-order chi connectivity index (χ0) is 18.8. The van der Waals surface area contributed by atoms with E-state index in [9.17, 15) is 4.79 Å². The van der Waals surface area contributed by atoms with Crippen molar-refractivity contribution in [3.05, 3.63) is 23.3 Å². The van der Waals surface area contributed by atoms with Crippen molar-refractivity contribution in [2.24, 2.45) is 0 Å². The van der Waals surface area contributed by atoms with Crippen LogP contribution in [0.25, 0.3) is 11.0 Å². The first-order valence-electron chi connectivity index (χ1n) is 10.5. The molecule has 1 aromatic carbocycles. The maximum absolute atomic E-state index is 12.4. The normalized spacial score (nSPS) is 11.3. The van der Waals surface area contributed by atoms with Crippen LogP contribution in [-0.2, 0) is 0 Å². The Bertz CT molecular complexity index is 690. The van der Waals surface area contributed by atoms with Crippen molar-refractivity contribution >= 4 is 16.9 Å². The Morgan fingerprint density at radius 1 is 0.846 bits per heavy atom. The Balaban J connectivity index is 1.62. The van der Waals surface area contributed by atoms with Gasteiger partial charge in [0, 0.05) is 6.42 Å². The van der Waals surface area contributed by atoms with Crippen LogP contribution >= 0.6 is 0 Å². The lowest BCUT2D eigenvalue weighted by atomic mass is 10.1. The molecule has 4 nitrogen and oxygen atoms in total. The van der Waals surface area contributed by atoms with E-state index >= 15 is 0 Å². The summed E-state index contributed by atoms with van der Waals surface area (Å²) in [6.07, 6.45) is 14.8. The molecular formula is C22H35N3O. The number of carbonyl (C=O) groups is 1. The van der Waals surface area contributed by atoms with Crippen molar-refractivity contribution < 1.29 is 4.79 Å². The van der Waals surface area contributed by atoms with E-state index in [0.29, 0.717) is 6.42 Å². The fourth-order valence-corrected chi connectivity index (χ4v) is 3.41. The average molecular weight is 358 g/mol. The quantitative estimate of drug-likeness (QED) is 0.413. The Morgan fingerprint density at radius 2 is 1.38 bits per heavy atom. The summed E-state index contributed by atoms with van der Waals surface area (Å²) in [7, 11) is 0. The van der Waals surface area contributed by atoms with Gasteiger partial charge in [-0.2, -0.15) is 4.68 Å². The first-order valence-corrected chi connectivity index (χ1v) is 10.5. The Kier molecular flexibility index (Phi) is 8.79. The summed E-state index contributed by atoms with van der Waals surface area (Å²) in [6, 6.07) is 4.02. The number of nitrogens with zero attached hydrogens (tertiary/aromatic N) is 3. The van der Waals surface area contributed by atoms with Gasteiger partial charge in [0.25, 0.3) is 0 Å². The Morgan fingerprint density at radius 3 is 2.00 bits per heavy atom. The summed E-state index contributed by atoms with van der Waals surface area (Å²) in [6.45, 7) is 6.37. The third-order valence-corrected chi connectivity index (χ3v) is 5.29.